The Kier molecular flexibility index (Phi) is 4.55. The van der Waals surface area contributed by atoms with E-state index in [-0.39, 0.29) is 17.9 Å². The van der Waals surface area contributed by atoms with Crippen LogP contribution in [0.3, 0.4) is 0 Å². The molecule has 0 saturated carbocycles. The number of imidazole rings is 1. The first-order valence-corrected chi connectivity index (χ1v) is 11.4. The van der Waals surface area contributed by atoms with Gasteiger partial charge in [0, 0.05) is 39.8 Å². The van der Waals surface area contributed by atoms with Crippen molar-refractivity contribution in [3.05, 3.63) is 101 Å². The van der Waals surface area contributed by atoms with E-state index in [1.807, 2.05) is 87.4 Å². The molecular weight excluding hydrogens is 432 g/mol. The fraction of sp³-hybridized carbons (Fsp3) is 0.0385. The van der Waals surface area contributed by atoms with Gasteiger partial charge in [0.2, 0.25) is 5.91 Å². The van der Waals surface area contributed by atoms with E-state index >= 15 is 0 Å². The first-order chi connectivity index (χ1) is 16.2. The quantitative estimate of drug-likeness (QED) is 0.377. The van der Waals surface area contributed by atoms with Crippen LogP contribution in [0.4, 0.5) is 5.69 Å². The number of nitrogens with one attached hydrogen (secondary N) is 1. The molecule has 1 amide bonds. The first-order valence-electron chi connectivity index (χ1n) is 10.5. The van der Waals surface area contributed by atoms with Gasteiger partial charge in [0.1, 0.15) is 6.54 Å². The maximum absolute atomic E-state index is 13.0. The van der Waals surface area contributed by atoms with Gasteiger partial charge >= 0.3 is 0 Å². The molecule has 33 heavy (non-hydrogen) atoms. The van der Waals surface area contributed by atoms with E-state index in [4.69, 9.17) is 0 Å². The Hall–Kier alpha value is -4.23. The highest BCUT2D eigenvalue weighted by Gasteiger charge is 2.13. The molecule has 3 aromatic heterocycles. The van der Waals surface area contributed by atoms with Crippen LogP contribution in [0.5, 0.6) is 0 Å². The second kappa shape index (κ2) is 7.72. The van der Waals surface area contributed by atoms with Crippen LogP contribution in [0.2, 0.25) is 0 Å². The molecule has 0 unspecified atom stereocenters. The van der Waals surface area contributed by atoms with Crippen molar-refractivity contribution in [2.45, 2.75) is 6.54 Å². The first kappa shape index (κ1) is 19.5. The second-order valence-corrected chi connectivity index (χ2v) is 8.67. The Morgan fingerprint density at radius 3 is 2.24 bits per heavy atom. The molecule has 6 rings (SSSR count). The number of fused-ring (bicyclic) bond motifs is 3. The summed E-state index contributed by atoms with van der Waals surface area (Å²) in [6.07, 6.45) is 3.97. The molecule has 0 atom stereocenters. The Bertz CT molecular complexity index is 1620. The maximum Gasteiger partial charge on any atom is 0.244 e. The minimum atomic E-state index is -0.163. The van der Waals surface area contributed by atoms with Gasteiger partial charge in [-0.2, -0.15) is 0 Å². The van der Waals surface area contributed by atoms with Gasteiger partial charge in [0.05, 0.1) is 16.7 Å². The number of aromatic nitrogens is 3. The lowest BCUT2D eigenvalue weighted by Crippen LogP contribution is -2.21. The minimum absolute atomic E-state index is 0.0207. The number of rotatable bonds is 4. The summed E-state index contributed by atoms with van der Waals surface area (Å²) in [6.45, 7) is 0.0976. The highest BCUT2D eigenvalue weighted by Crippen LogP contribution is 2.24. The molecule has 0 radical (unpaired) electrons. The zero-order chi connectivity index (χ0) is 22.4. The number of thiazole rings is 1. The van der Waals surface area contributed by atoms with Gasteiger partial charge in [0.25, 0.3) is 0 Å². The Morgan fingerprint density at radius 1 is 0.909 bits per heavy atom. The number of carbonyl (C=O) groups excluding carboxylic acids is 1. The largest absolute Gasteiger partial charge is 0.331 e. The standard InChI is InChI=1S/C26H18N4O2S/c31-24(27-18-11-9-17(10-12-18)21-15-29-13-14-33-26(29)28-21)16-30-22-7-3-1-5-19(22)25(32)20-6-2-4-8-23(20)30/h1-15H,16H2,(H,27,31). The second-order valence-electron chi connectivity index (χ2n) is 7.79. The van der Waals surface area contributed by atoms with Crippen LogP contribution < -0.4 is 10.7 Å². The van der Waals surface area contributed by atoms with E-state index in [0.717, 1.165) is 27.3 Å². The van der Waals surface area contributed by atoms with Gasteiger partial charge < -0.3 is 9.88 Å². The van der Waals surface area contributed by atoms with Crippen LogP contribution >= 0.6 is 11.3 Å². The third-order valence-corrected chi connectivity index (χ3v) is 6.51. The van der Waals surface area contributed by atoms with Crippen LogP contribution in [0.25, 0.3) is 38.0 Å². The van der Waals surface area contributed by atoms with Gasteiger partial charge in [-0.1, -0.05) is 36.4 Å². The minimum Gasteiger partial charge on any atom is -0.331 e. The molecule has 0 bridgehead atoms. The number of para-hydroxylation sites is 2. The Labute approximate surface area is 192 Å². The van der Waals surface area contributed by atoms with Crippen LogP contribution in [-0.2, 0) is 11.3 Å². The number of nitrogens with zero attached hydrogens (tertiary/aromatic N) is 3. The number of anilines is 1. The topological polar surface area (TPSA) is 68.4 Å². The molecule has 3 aromatic carbocycles. The number of amides is 1. The Morgan fingerprint density at radius 2 is 1.58 bits per heavy atom. The van der Waals surface area contributed by atoms with Crippen molar-refractivity contribution in [2.75, 3.05) is 5.32 Å². The molecule has 7 heteroatoms. The number of carbonyl (C=O) groups is 1. The van der Waals surface area contributed by atoms with Crippen molar-refractivity contribution in [2.24, 2.45) is 0 Å². The summed E-state index contributed by atoms with van der Waals surface area (Å²) < 4.78 is 3.89. The lowest BCUT2D eigenvalue weighted by Gasteiger charge is -2.15. The number of benzene rings is 3. The van der Waals surface area contributed by atoms with Crippen molar-refractivity contribution in [3.63, 3.8) is 0 Å². The van der Waals surface area contributed by atoms with Crippen LogP contribution in [0.15, 0.2) is 95.4 Å². The van der Waals surface area contributed by atoms with Crippen molar-refractivity contribution in [1.82, 2.24) is 14.0 Å². The molecule has 3 heterocycles. The predicted octanol–water partition coefficient (Wildman–Crippen LogP) is 5.17. The average molecular weight is 451 g/mol. The molecule has 0 aliphatic carbocycles. The van der Waals surface area contributed by atoms with Crippen molar-refractivity contribution in [3.8, 4) is 11.3 Å². The molecule has 6 nitrogen and oxygen atoms in total. The molecular formula is C26H18N4O2S. The van der Waals surface area contributed by atoms with Crippen LogP contribution in [0, 0.1) is 0 Å². The summed E-state index contributed by atoms with van der Waals surface area (Å²) in [6, 6.07) is 22.5. The van der Waals surface area contributed by atoms with Crippen LogP contribution in [-0.4, -0.2) is 19.9 Å². The van der Waals surface area contributed by atoms with Crippen molar-refractivity contribution < 1.29 is 4.79 Å². The molecule has 0 aliphatic heterocycles. The highest BCUT2D eigenvalue weighted by molar-refractivity contribution is 7.15. The fourth-order valence-corrected chi connectivity index (χ4v) is 4.88. The van der Waals surface area contributed by atoms with E-state index in [2.05, 4.69) is 10.3 Å². The molecule has 0 spiro atoms. The highest BCUT2D eigenvalue weighted by atomic mass is 32.1. The zero-order valence-corrected chi connectivity index (χ0v) is 18.3. The SMILES string of the molecule is O=C(Cn1c2ccccc2c(=O)c2ccccc21)Nc1ccc(-c2cn3ccsc3n2)cc1. The van der Waals surface area contributed by atoms with Gasteiger partial charge in [-0.25, -0.2) is 4.98 Å². The molecule has 0 saturated heterocycles. The number of pyridine rings is 1. The summed E-state index contributed by atoms with van der Waals surface area (Å²) >= 11 is 1.59. The van der Waals surface area contributed by atoms with Crippen molar-refractivity contribution in [1.29, 1.82) is 0 Å². The molecule has 0 aliphatic rings. The summed E-state index contributed by atoms with van der Waals surface area (Å²) in [4.78, 5) is 31.4. The number of hydrogen-bond donors (Lipinski definition) is 1. The maximum atomic E-state index is 13.0. The number of hydrogen-bond acceptors (Lipinski definition) is 4. The summed E-state index contributed by atoms with van der Waals surface area (Å²) in [5.74, 6) is -0.163. The van der Waals surface area contributed by atoms with E-state index in [1.165, 1.54) is 0 Å². The van der Waals surface area contributed by atoms with E-state index in [1.54, 1.807) is 23.5 Å². The third-order valence-electron chi connectivity index (χ3n) is 5.74. The lowest BCUT2D eigenvalue weighted by atomic mass is 10.1. The Balaban J connectivity index is 1.29. The van der Waals surface area contributed by atoms with Crippen LogP contribution in [0.1, 0.15) is 0 Å². The third kappa shape index (κ3) is 3.39. The van der Waals surface area contributed by atoms with Gasteiger partial charge in [-0.3, -0.25) is 14.0 Å². The smallest absolute Gasteiger partial charge is 0.244 e. The fourth-order valence-electron chi connectivity index (χ4n) is 4.18. The van der Waals surface area contributed by atoms with E-state index < -0.39 is 0 Å². The molecule has 160 valence electrons. The van der Waals surface area contributed by atoms with E-state index in [9.17, 15) is 9.59 Å². The molecule has 1 N–H and O–H groups in total. The van der Waals surface area contributed by atoms with Gasteiger partial charge in [0.15, 0.2) is 10.4 Å². The summed E-state index contributed by atoms with van der Waals surface area (Å²) in [5.41, 5.74) is 4.05. The monoisotopic (exact) mass is 450 g/mol. The average Bonchev–Trinajstić information content (AvgIpc) is 3.45. The van der Waals surface area contributed by atoms with Crippen molar-refractivity contribution >= 4 is 49.7 Å². The lowest BCUT2D eigenvalue weighted by molar-refractivity contribution is -0.116. The summed E-state index contributed by atoms with van der Waals surface area (Å²) in [7, 11) is 0. The van der Waals surface area contributed by atoms with E-state index in [0.29, 0.717) is 16.5 Å². The summed E-state index contributed by atoms with van der Waals surface area (Å²) in [5, 5.41) is 6.18. The zero-order valence-electron chi connectivity index (χ0n) is 17.4. The normalized spacial score (nSPS) is 11.4. The van der Waals surface area contributed by atoms with Gasteiger partial charge in [-0.15, -0.1) is 11.3 Å². The molecule has 6 aromatic rings. The van der Waals surface area contributed by atoms with Gasteiger partial charge in [-0.05, 0) is 36.4 Å². The predicted molar refractivity (Wildman–Crippen MR) is 133 cm³/mol. The molecule has 0 fully saturated rings.